The number of carbonyl (C=O) groups is 1. The van der Waals surface area contributed by atoms with Crippen LogP contribution in [0.5, 0.6) is 0 Å². The van der Waals surface area contributed by atoms with Crippen molar-refractivity contribution in [3.63, 3.8) is 0 Å². The number of amides is 1. The van der Waals surface area contributed by atoms with Gasteiger partial charge < -0.3 is 4.90 Å². The fraction of sp³-hybridized carbons (Fsp3) is 0.643. The highest BCUT2D eigenvalue weighted by atomic mass is 32.2. The Bertz CT molecular complexity index is 638. The molecule has 3 rings (SSSR count). The van der Waals surface area contributed by atoms with Crippen molar-refractivity contribution >= 4 is 27.3 Å². The Hall–Kier alpha value is -0.920. The third kappa shape index (κ3) is 2.86. The molecule has 3 heterocycles. The molecule has 5 nitrogen and oxygen atoms in total. The highest BCUT2D eigenvalue weighted by molar-refractivity contribution is 7.89. The predicted molar refractivity (Wildman–Crippen MR) is 83.1 cm³/mol. The van der Waals surface area contributed by atoms with Crippen LogP contribution in [0.3, 0.4) is 0 Å². The van der Waals surface area contributed by atoms with Gasteiger partial charge in [-0.25, -0.2) is 8.42 Å². The molecule has 1 aromatic heterocycles. The minimum absolute atomic E-state index is 0.0371. The smallest absolute Gasteiger partial charge is 0.255 e. The van der Waals surface area contributed by atoms with E-state index < -0.39 is 10.0 Å². The van der Waals surface area contributed by atoms with E-state index in [0.29, 0.717) is 19.5 Å². The molecule has 0 aliphatic carbocycles. The molecule has 0 spiro atoms. The lowest BCUT2D eigenvalue weighted by molar-refractivity contribution is 0.0658. The summed E-state index contributed by atoms with van der Waals surface area (Å²) in [6, 6.07) is -0.0471. The van der Waals surface area contributed by atoms with Crippen molar-refractivity contribution in [1.82, 2.24) is 9.21 Å². The summed E-state index contributed by atoms with van der Waals surface area (Å²) in [6.45, 7) is 3.79. The van der Waals surface area contributed by atoms with Crippen molar-refractivity contribution in [2.24, 2.45) is 0 Å². The van der Waals surface area contributed by atoms with Crippen molar-refractivity contribution in [1.29, 1.82) is 0 Å². The summed E-state index contributed by atoms with van der Waals surface area (Å²) in [7, 11) is -3.10. The number of piperidine rings is 1. The monoisotopic (exact) mass is 328 g/mol. The number of aryl methyl sites for hydroxylation is 1. The molecule has 1 unspecified atom stereocenters. The van der Waals surface area contributed by atoms with Gasteiger partial charge in [-0.1, -0.05) is 0 Å². The third-order valence-corrected chi connectivity index (χ3v) is 7.18. The van der Waals surface area contributed by atoms with Gasteiger partial charge in [-0.15, -0.1) is 0 Å². The van der Waals surface area contributed by atoms with E-state index in [4.69, 9.17) is 0 Å². The average molecular weight is 328 g/mol. The topological polar surface area (TPSA) is 57.7 Å². The predicted octanol–water partition coefficient (Wildman–Crippen LogP) is 1.70. The first-order chi connectivity index (χ1) is 9.99. The highest BCUT2D eigenvalue weighted by Gasteiger charge is 2.37. The second-order valence-electron chi connectivity index (χ2n) is 5.80. The van der Waals surface area contributed by atoms with Gasteiger partial charge in [-0.3, -0.25) is 4.79 Å². The van der Waals surface area contributed by atoms with Crippen LogP contribution < -0.4 is 0 Å². The quantitative estimate of drug-likeness (QED) is 0.830. The molecule has 1 amide bonds. The van der Waals surface area contributed by atoms with Crippen LogP contribution in [-0.4, -0.2) is 55.0 Å². The van der Waals surface area contributed by atoms with Gasteiger partial charge in [-0.05, 0) is 37.1 Å². The van der Waals surface area contributed by atoms with E-state index in [9.17, 15) is 13.2 Å². The van der Waals surface area contributed by atoms with Gasteiger partial charge in [0.25, 0.3) is 5.91 Å². The number of likely N-dealkylation sites (tertiary alicyclic amines) is 1. The van der Waals surface area contributed by atoms with E-state index in [1.54, 1.807) is 4.31 Å². The van der Waals surface area contributed by atoms with Gasteiger partial charge in [0, 0.05) is 31.1 Å². The van der Waals surface area contributed by atoms with Crippen LogP contribution >= 0.6 is 11.3 Å². The molecule has 21 heavy (non-hydrogen) atoms. The van der Waals surface area contributed by atoms with Crippen LogP contribution in [0.4, 0.5) is 0 Å². The summed E-state index contributed by atoms with van der Waals surface area (Å²) in [5.41, 5.74) is 1.76. The molecule has 1 atom stereocenters. The van der Waals surface area contributed by atoms with Crippen molar-refractivity contribution in [3.05, 3.63) is 21.9 Å². The van der Waals surface area contributed by atoms with Crippen molar-refractivity contribution in [2.45, 2.75) is 32.2 Å². The maximum absolute atomic E-state index is 12.6. The minimum Gasteiger partial charge on any atom is -0.337 e. The van der Waals surface area contributed by atoms with Crippen LogP contribution in [0.25, 0.3) is 0 Å². The maximum atomic E-state index is 12.6. The molecule has 7 heteroatoms. The molecular formula is C14H20N2O3S2. The Morgan fingerprint density at radius 3 is 2.71 bits per heavy atom. The van der Waals surface area contributed by atoms with Crippen LogP contribution in [0, 0.1) is 6.92 Å². The lowest BCUT2D eigenvalue weighted by Gasteiger charge is -2.36. The summed E-state index contributed by atoms with van der Waals surface area (Å²) in [5.74, 6) is 0.288. The zero-order valence-corrected chi connectivity index (χ0v) is 13.8. The standard InChI is InChI=1S/C14H20N2O3S2/c1-11-9-20-10-13(11)14(17)15-5-2-4-12(8-15)16-6-3-7-21(16,18)19/h9-10,12H,2-8H2,1H3. The average Bonchev–Trinajstić information content (AvgIpc) is 3.03. The number of hydrogen-bond acceptors (Lipinski definition) is 4. The number of sulfonamides is 1. The second kappa shape index (κ2) is 5.70. The Kier molecular flexibility index (Phi) is 4.07. The van der Waals surface area contributed by atoms with E-state index in [1.165, 1.54) is 11.3 Å². The normalized spacial score (nSPS) is 26.1. The molecule has 0 aromatic carbocycles. The van der Waals surface area contributed by atoms with Crippen LogP contribution in [0.1, 0.15) is 35.2 Å². The Balaban J connectivity index is 1.74. The molecular weight excluding hydrogens is 308 g/mol. The van der Waals surface area contributed by atoms with E-state index in [2.05, 4.69) is 0 Å². The second-order valence-corrected chi connectivity index (χ2v) is 8.58. The number of thiophene rings is 1. The number of nitrogens with zero attached hydrogens (tertiary/aromatic N) is 2. The summed E-state index contributed by atoms with van der Waals surface area (Å²) >= 11 is 1.53. The number of hydrogen-bond donors (Lipinski definition) is 0. The van der Waals surface area contributed by atoms with Crippen molar-refractivity contribution in [2.75, 3.05) is 25.4 Å². The number of carbonyl (C=O) groups excluding carboxylic acids is 1. The maximum Gasteiger partial charge on any atom is 0.255 e. The SMILES string of the molecule is Cc1cscc1C(=O)N1CCCC(N2CCCS2(=O)=O)C1. The fourth-order valence-corrected chi connectivity index (χ4v) is 5.78. The Morgan fingerprint density at radius 1 is 1.29 bits per heavy atom. The largest absolute Gasteiger partial charge is 0.337 e. The first-order valence-corrected chi connectivity index (χ1v) is 9.86. The summed E-state index contributed by atoms with van der Waals surface area (Å²) in [4.78, 5) is 14.4. The Morgan fingerprint density at radius 2 is 2.10 bits per heavy atom. The summed E-state index contributed by atoms with van der Waals surface area (Å²) in [5, 5.41) is 3.85. The van der Waals surface area contributed by atoms with Crippen molar-refractivity contribution < 1.29 is 13.2 Å². The molecule has 2 saturated heterocycles. The first-order valence-electron chi connectivity index (χ1n) is 7.30. The lowest BCUT2D eigenvalue weighted by Crippen LogP contribution is -2.50. The molecule has 0 bridgehead atoms. The van der Waals surface area contributed by atoms with E-state index in [0.717, 1.165) is 30.5 Å². The molecule has 0 saturated carbocycles. The van der Waals surface area contributed by atoms with Crippen molar-refractivity contribution in [3.8, 4) is 0 Å². The zero-order valence-electron chi connectivity index (χ0n) is 12.1. The van der Waals surface area contributed by atoms with Crippen LogP contribution in [-0.2, 0) is 10.0 Å². The minimum atomic E-state index is -3.10. The van der Waals surface area contributed by atoms with E-state index in [1.807, 2.05) is 22.6 Å². The molecule has 2 aliphatic rings. The van der Waals surface area contributed by atoms with Gasteiger partial charge in [0.05, 0.1) is 11.3 Å². The van der Waals surface area contributed by atoms with Crippen LogP contribution in [0.2, 0.25) is 0 Å². The molecule has 116 valence electrons. The first kappa shape index (κ1) is 15.0. The van der Waals surface area contributed by atoms with Crippen LogP contribution in [0.15, 0.2) is 10.8 Å². The van der Waals surface area contributed by atoms with Gasteiger partial charge in [-0.2, -0.15) is 15.6 Å². The van der Waals surface area contributed by atoms with Gasteiger partial charge in [0.1, 0.15) is 0 Å². The zero-order chi connectivity index (χ0) is 15.0. The third-order valence-electron chi connectivity index (χ3n) is 4.32. The van der Waals surface area contributed by atoms with E-state index >= 15 is 0 Å². The van der Waals surface area contributed by atoms with Gasteiger partial charge in [0.2, 0.25) is 10.0 Å². The molecule has 0 radical (unpaired) electrons. The highest BCUT2D eigenvalue weighted by Crippen LogP contribution is 2.25. The fourth-order valence-electron chi connectivity index (χ4n) is 3.19. The molecule has 1 aromatic rings. The van der Waals surface area contributed by atoms with E-state index in [-0.39, 0.29) is 17.7 Å². The summed E-state index contributed by atoms with van der Waals surface area (Å²) < 4.78 is 25.7. The molecule has 2 fully saturated rings. The Labute approximate surface area is 129 Å². The van der Waals surface area contributed by atoms with Gasteiger partial charge in [0.15, 0.2) is 0 Å². The molecule has 0 N–H and O–H groups in total. The number of rotatable bonds is 2. The summed E-state index contributed by atoms with van der Waals surface area (Å²) in [6.07, 6.45) is 2.42. The lowest BCUT2D eigenvalue weighted by atomic mass is 10.0. The molecule has 2 aliphatic heterocycles. The van der Waals surface area contributed by atoms with Gasteiger partial charge >= 0.3 is 0 Å².